The number of hydrogen-bond donors (Lipinski definition) is 0. The lowest BCUT2D eigenvalue weighted by Crippen LogP contribution is -2.47. The number of halogens is 2. The third kappa shape index (κ3) is 2.75. The molecule has 0 spiro atoms. The van der Waals surface area contributed by atoms with Gasteiger partial charge < -0.3 is 4.90 Å². The lowest BCUT2D eigenvalue weighted by atomic mass is 10.1. The predicted molar refractivity (Wildman–Crippen MR) is 83.6 cm³/mol. The van der Waals surface area contributed by atoms with Crippen LogP contribution in [-0.2, 0) is 5.33 Å². The van der Waals surface area contributed by atoms with E-state index in [4.69, 9.17) is 0 Å². The van der Waals surface area contributed by atoms with Gasteiger partial charge in [-0.15, -0.1) is 0 Å². The molecule has 0 atom stereocenters. The summed E-state index contributed by atoms with van der Waals surface area (Å²) in [7, 11) is 0. The van der Waals surface area contributed by atoms with Gasteiger partial charge in [-0.3, -0.25) is 4.90 Å². The van der Waals surface area contributed by atoms with Gasteiger partial charge in [-0.25, -0.2) is 0 Å². The van der Waals surface area contributed by atoms with E-state index in [2.05, 4.69) is 59.9 Å². The Kier molecular flexibility index (Phi) is 3.97. The standard InChI is InChI=1S/C14H18Br2N2/c15-10-11-9-12(16)1-4-14(11)18-7-5-17(6-8-18)13-2-3-13/h1,4,9,13H,2-3,5-8,10H2. The molecule has 1 saturated carbocycles. The second-order valence-corrected chi connectivity index (χ2v) is 6.64. The van der Waals surface area contributed by atoms with Gasteiger partial charge in [-0.2, -0.15) is 0 Å². The van der Waals surface area contributed by atoms with Crippen LogP contribution in [-0.4, -0.2) is 37.1 Å². The van der Waals surface area contributed by atoms with E-state index >= 15 is 0 Å². The second-order valence-electron chi connectivity index (χ2n) is 5.16. The van der Waals surface area contributed by atoms with Crippen molar-refractivity contribution < 1.29 is 0 Å². The van der Waals surface area contributed by atoms with E-state index in [0.29, 0.717) is 0 Å². The van der Waals surface area contributed by atoms with Gasteiger partial charge in [-0.05, 0) is 36.6 Å². The third-order valence-electron chi connectivity index (χ3n) is 3.90. The van der Waals surface area contributed by atoms with Crippen LogP contribution in [0.25, 0.3) is 0 Å². The highest BCUT2D eigenvalue weighted by Gasteiger charge is 2.31. The summed E-state index contributed by atoms with van der Waals surface area (Å²) >= 11 is 7.15. The van der Waals surface area contributed by atoms with Gasteiger partial charge in [-0.1, -0.05) is 31.9 Å². The zero-order valence-corrected chi connectivity index (χ0v) is 13.6. The highest BCUT2D eigenvalue weighted by molar-refractivity contribution is 9.10. The topological polar surface area (TPSA) is 6.48 Å². The van der Waals surface area contributed by atoms with E-state index in [1.807, 2.05) is 0 Å². The summed E-state index contributed by atoms with van der Waals surface area (Å²) in [5.74, 6) is 0. The Morgan fingerprint density at radius 3 is 2.44 bits per heavy atom. The molecule has 0 radical (unpaired) electrons. The van der Waals surface area contributed by atoms with Crippen LogP contribution in [0.4, 0.5) is 5.69 Å². The molecular weight excluding hydrogens is 356 g/mol. The minimum atomic E-state index is 0.910. The molecule has 1 aromatic rings. The summed E-state index contributed by atoms with van der Waals surface area (Å²) in [5, 5.41) is 0.921. The van der Waals surface area contributed by atoms with Crippen LogP contribution in [0.5, 0.6) is 0 Å². The number of hydrogen-bond acceptors (Lipinski definition) is 2. The molecule has 4 heteroatoms. The van der Waals surface area contributed by atoms with Crippen molar-refractivity contribution in [2.24, 2.45) is 0 Å². The summed E-state index contributed by atoms with van der Waals surface area (Å²) in [6.07, 6.45) is 2.84. The molecule has 2 aliphatic rings. The zero-order chi connectivity index (χ0) is 12.5. The maximum Gasteiger partial charge on any atom is 0.0409 e. The first-order chi connectivity index (χ1) is 8.78. The molecule has 0 unspecified atom stereocenters. The molecule has 3 rings (SSSR count). The Balaban J connectivity index is 1.71. The van der Waals surface area contributed by atoms with Crippen molar-refractivity contribution in [2.45, 2.75) is 24.2 Å². The quantitative estimate of drug-likeness (QED) is 0.746. The molecular formula is C14H18Br2N2. The third-order valence-corrected chi connectivity index (χ3v) is 5.00. The Hall–Kier alpha value is -0.0600. The molecule has 0 bridgehead atoms. The van der Waals surface area contributed by atoms with Crippen LogP contribution in [0.1, 0.15) is 18.4 Å². The van der Waals surface area contributed by atoms with Crippen LogP contribution < -0.4 is 4.90 Å². The van der Waals surface area contributed by atoms with Crippen LogP contribution >= 0.6 is 31.9 Å². The maximum atomic E-state index is 3.60. The SMILES string of the molecule is BrCc1cc(Br)ccc1N1CCN(C2CC2)CC1. The number of nitrogens with zero attached hydrogens (tertiary/aromatic N) is 2. The van der Waals surface area contributed by atoms with Crippen LogP contribution in [0.2, 0.25) is 0 Å². The van der Waals surface area contributed by atoms with Crippen LogP contribution in [0.3, 0.4) is 0 Å². The molecule has 18 heavy (non-hydrogen) atoms. The normalized spacial score (nSPS) is 21.3. The molecule has 0 amide bonds. The van der Waals surface area contributed by atoms with Gasteiger partial charge in [0.25, 0.3) is 0 Å². The Labute approximate surface area is 126 Å². The van der Waals surface area contributed by atoms with Crippen molar-refractivity contribution in [3.8, 4) is 0 Å². The number of alkyl halides is 1. The van der Waals surface area contributed by atoms with E-state index in [-0.39, 0.29) is 0 Å². The zero-order valence-electron chi connectivity index (χ0n) is 10.4. The van der Waals surface area contributed by atoms with Crippen LogP contribution in [0.15, 0.2) is 22.7 Å². The van der Waals surface area contributed by atoms with Crippen molar-refractivity contribution in [3.05, 3.63) is 28.2 Å². The molecule has 1 aromatic carbocycles. The Morgan fingerprint density at radius 1 is 1.11 bits per heavy atom. The lowest BCUT2D eigenvalue weighted by molar-refractivity contribution is 0.248. The molecule has 1 aliphatic heterocycles. The van der Waals surface area contributed by atoms with E-state index in [0.717, 1.165) is 28.9 Å². The predicted octanol–water partition coefficient (Wildman–Crippen LogP) is 3.63. The minimum Gasteiger partial charge on any atom is -0.369 e. The van der Waals surface area contributed by atoms with Gasteiger partial charge in [0.15, 0.2) is 0 Å². The summed E-state index contributed by atoms with van der Waals surface area (Å²) in [4.78, 5) is 5.19. The first-order valence-corrected chi connectivity index (χ1v) is 8.53. The van der Waals surface area contributed by atoms with E-state index in [9.17, 15) is 0 Å². The molecule has 1 heterocycles. The number of rotatable bonds is 3. The molecule has 2 fully saturated rings. The summed E-state index contributed by atoms with van der Waals surface area (Å²) in [6, 6.07) is 7.52. The van der Waals surface area contributed by atoms with Gasteiger partial charge in [0, 0.05) is 47.7 Å². The minimum absolute atomic E-state index is 0.910. The van der Waals surface area contributed by atoms with E-state index in [1.54, 1.807) is 0 Å². The maximum absolute atomic E-state index is 3.60. The second kappa shape index (κ2) is 5.51. The van der Waals surface area contributed by atoms with E-state index < -0.39 is 0 Å². The van der Waals surface area contributed by atoms with Crippen LogP contribution in [0, 0.1) is 0 Å². The van der Waals surface area contributed by atoms with Gasteiger partial charge >= 0.3 is 0 Å². The Morgan fingerprint density at radius 2 is 1.83 bits per heavy atom. The highest BCUT2D eigenvalue weighted by atomic mass is 79.9. The average molecular weight is 374 g/mol. The monoisotopic (exact) mass is 372 g/mol. The van der Waals surface area contributed by atoms with Crippen molar-refractivity contribution in [3.63, 3.8) is 0 Å². The number of piperazine rings is 1. The summed E-state index contributed by atoms with van der Waals surface area (Å²) in [5.41, 5.74) is 2.77. The van der Waals surface area contributed by atoms with Gasteiger partial charge in [0.05, 0.1) is 0 Å². The fourth-order valence-corrected chi connectivity index (χ4v) is 3.59. The average Bonchev–Trinajstić information content (AvgIpc) is 3.23. The first kappa shape index (κ1) is 12.9. The first-order valence-electron chi connectivity index (χ1n) is 6.61. The molecule has 98 valence electrons. The molecule has 2 nitrogen and oxygen atoms in total. The van der Waals surface area contributed by atoms with Crippen molar-refractivity contribution >= 4 is 37.5 Å². The summed E-state index contributed by atoms with van der Waals surface area (Å²) in [6.45, 7) is 4.78. The summed E-state index contributed by atoms with van der Waals surface area (Å²) < 4.78 is 1.16. The fraction of sp³-hybridized carbons (Fsp3) is 0.571. The molecule has 1 saturated heterocycles. The smallest absolute Gasteiger partial charge is 0.0409 e. The van der Waals surface area contributed by atoms with Crippen molar-refractivity contribution in [2.75, 3.05) is 31.1 Å². The number of anilines is 1. The molecule has 0 aromatic heterocycles. The highest BCUT2D eigenvalue weighted by Crippen LogP contribution is 2.31. The number of benzene rings is 1. The van der Waals surface area contributed by atoms with E-state index in [1.165, 1.54) is 37.2 Å². The molecule has 1 aliphatic carbocycles. The largest absolute Gasteiger partial charge is 0.369 e. The Bertz CT molecular complexity index is 424. The van der Waals surface area contributed by atoms with Gasteiger partial charge in [0.1, 0.15) is 0 Å². The molecule has 0 N–H and O–H groups in total. The lowest BCUT2D eigenvalue weighted by Gasteiger charge is -2.37. The fourth-order valence-electron chi connectivity index (χ4n) is 2.74. The van der Waals surface area contributed by atoms with Crippen molar-refractivity contribution in [1.82, 2.24) is 4.90 Å². The van der Waals surface area contributed by atoms with Crippen molar-refractivity contribution in [1.29, 1.82) is 0 Å². The van der Waals surface area contributed by atoms with Gasteiger partial charge in [0.2, 0.25) is 0 Å².